The summed E-state index contributed by atoms with van der Waals surface area (Å²) in [5.74, 6) is -1.67. The zero-order chi connectivity index (χ0) is 19.5. The Labute approximate surface area is 152 Å². The zero-order valence-corrected chi connectivity index (χ0v) is 15.5. The summed E-state index contributed by atoms with van der Waals surface area (Å²) in [5.41, 5.74) is -1.04. The Kier molecular flexibility index (Phi) is 5.38. The number of carbonyl (C=O) groups is 2. The molecule has 1 aromatic carbocycles. The molecule has 1 aliphatic heterocycles. The van der Waals surface area contributed by atoms with Crippen LogP contribution in [0.3, 0.4) is 0 Å². The number of nitrogens with zero attached hydrogens (tertiary/aromatic N) is 2. The molecule has 0 radical (unpaired) electrons. The Bertz CT molecular complexity index is 779. The third-order valence-electron chi connectivity index (χ3n) is 5.02. The lowest BCUT2D eigenvalue weighted by Crippen LogP contribution is -2.74. The number of benzene rings is 1. The minimum absolute atomic E-state index is 0.129. The lowest BCUT2D eigenvalue weighted by Gasteiger charge is -2.63. The molecule has 0 aliphatic carbocycles. The van der Waals surface area contributed by atoms with Crippen molar-refractivity contribution in [1.29, 1.82) is 5.26 Å². The van der Waals surface area contributed by atoms with Crippen molar-refractivity contribution in [3.8, 4) is 6.07 Å². The first-order valence-corrected chi connectivity index (χ1v) is 8.00. The minimum Gasteiger partial charge on any atom is -0.465 e. The van der Waals surface area contributed by atoms with Crippen molar-refractivity contribution < 1.29 is 23.8 Å². The fourth-order valence-electron chi connectivity index (χ4n) is 3.42. The van der Waals surface area contributed by atoms with Crippen molar-refractivity contribution in [2.45, 2.75) is 25.0 Å². The topological polar surface area (TPSA) is 88.9 Å². The molecule has 7 nitrogen and oxygen atoms in total. The van der Waals surface area contributed by atoms with E-state index in [4.69, 9.17) is 9.47 Å². The second kappa shape index (κ2) is 7.18. The molecule has 0 bridgehead atoms. The van der Waals surface area contributed by atoms with E-state index in [1.165, 1.54) is 7.11 Å². The fourth-order valence-corrected chi connectivity index (χ4v) is 3.42. The number of carbonyl (C=O) groups excluding carboxylic acids is 2. The lowest BCUT2D eigenvalue weighted by atomic mass is 9.67. The fraction of sp³-hybridized carbons (Fsp3) is 0.421. The van der Waals surface area contributed by atoms with Gasteiger partial charge in [0.2, 0.25) is 0 Å². The Morgan fingerprint density at radius 2 is 1.65 bits per heavy atom. The third kappa shape index (κ3) is 2.72. The molecule has 0 saturated carbocycles. The highest BCUT2D eigenvalue weighted by Crippen LogP contribution is 2.51. The molecule has 0 N–H and O–H groups in total. The highest BCUT2D eigenvalue weighted by Gasteiger charge is 2.62. The molecule has 1 saturated heterocycles. The number of rotatable bonds is 5. The Hall–Kier alpha value is -2.85. The quantitative estimate of drug-likeness (QED) is 0.450. The second-order valence-electron chi connectivity index (χ2n) is 6.36. The zero-order valence-electron chi connectivity index (χ0n) is 15.5. The number of nitriles is 1. The number of methoxy groups -OCH3 is 3. The SMILES string of the molecule is COC(=O)/C(C#N)=C(\C(=O)OC)N1CC(OC)(c2ccccc2)C1(C)C. The van der Waals surface area contributed by atoms with Crippen molar-refractivity contribution in [1.82, 2.24) is 4.90 Å². The van der Waals surface area contributed by atoms with Crippen molar-refractivity contribution in [3.05, 3.63) is 47.2 Å². The summed E-state index contributed by atoms with van der Waals surface area (Å²) >= 11 is 0. The molecule has 1 unspecified atom stereocenters. The van der Waals surface area contributed by atoms with Crippen LogP contribution in [0.2, 0.25) is 0 Å². The van der Waals surface area contributed by atoms with E-state index in [0.717, 1.165) is 12.7 Å². The summed E-state index contributed by atoms with van der Waals surface area (Å²) in [6.07, 6.45) is 0. The van der Waals surface area contributed by atoms with Gasteiger partial charge in [0.25, 0.3) is 0 Å². The smallest absolute Gasteiger partial charge is 0.356 e. The summed E-state index contributed by atoms with van der Waals surface area (Å²) in [6.45, 7) is 4.03. The summed E-state index contributed by atoms with van der Waals surface area (Å²) < 4.78 is 15.3. The third-order valence-corrected chi connectivity index (χ3v) is 5.02. The van der Waals surface area contributed by atoms with Gasteiger partial charge in [0.15, 0.2) is 5.57 Å². The van der Waals surface area contributed by atoms with Crippen molar-refractivity contribution in [3.63, 3.8) is 0 Å². The Morgan fingerprint density at radius 1 is 1.08 bits per heavy atom. The highest BCUT2D eigenvalue weighted by atomic mass is 16.5. The van der Waals surface area contributed by atoms with Crippen molar-refractivity contribution in [2.24, 2.45) is 0 Å². The molecule has 1 heterocycles. The molecule has 1 aromatic rings. The summed E-state index contributed by atoms with van der Waals surface area (Å²) in [4.78, 5) is 26.0. The minimum atomic E-state index is -0.890. The number of ether oxygens (including phenoxy) is 3. The summed E-state index contributed by atoms with van der Waals surface area (Å²) in [7, 11) is 3.94. The van der Waals surface area contributed by atoms with Crippen molar-refractivity contribution in [2.75, 3.05) is 27.9 Å². The van der Waals surface area contributed by atoms with Crippen LogP contribution in [0.5, 0.6) is 0 Å². The van der Waals surface area contributed by atoms with Crippen LogP contribution in [0.25, 0.3) is 0 Å². The molecule has 26 heavy (non-hydrogen) atoms. The van der Waals surface area contributed by atoms with E-state index < -0.39 is 28.7 Å². The summed E-state index contributed by atoms with van der Waals surface area (Å²) in [5, 5.41) is 9.41. The van der Waals surface area contributed by atoms with Crippen LogP contribution in [0.1, 0.15) is 19.4 Å². The molecule has 0 amide bonds. The van der Waals surface area contributed by atoms with E-state index in [0.29, 0.717) is 0 Å². The maximum absolute atomic E-state index is 12.4. The molecule has 1 atom stereocenters. The van der Waals surface area contributed by atoms with Gasteiger partial charge >= 0.3 is 11.9 Å². The molecular weight excluding hydrogens is 336 g/mol. The Morgan fingerprint density at radius 3 is 2.08 bits per heavy atom. The first kappa shape index (κ1) is 19.5. The van der Waals surface area contributed by atoms with Crippen molar-refractivity contribution >= 4 is 11.9 Å². The molecule has 0 aromatic heterocycles. The van der Waals surface area contributed by atoms with Gasteiger partial charge in [0.1, 0.15) is 17.4 Å². The van der Waals surface area contributed by atoms with E-state index in [-0.39, 0.29) is 12.2 Å². The van der Waals surface area contributed by atoms with Gasteiger partial charge in [-0.1, -0.05) is 30.3 Å². The van der Waals surface area contributed by atoms with Crippen LogP contribution in [0.4, 0.5) is 0 Å². The first-order valence-electron chi connectivity index (χ1n) is 8.00. The van der Waals surface area contributed by atoms with Crippen LogP contribution in [-0.4, -0.2) is 50.3 Å². The molecule has 2 rings (SSSR count). The predicted octanol–water partition coefficient (Wildman–Crippen LogP) is 1.75. The van der Waals surface area contributed by atoms with Gasteiger partial charge in [-0.25, -0.2) is 9.59 Å². The molecule has 1 aliphatic rings. The van der Waals surface area contributed by atoms with Crippen LogP contribution >= 0.6 is 0 Å². The van der Waals surface area contributed by atoms with E-state index in [1.807, 2.05) is 44.2 Å². The second-order valence-corrected chi connectivity index (χ2v) is 6.36. The van der Waals surface area contributed by atoms with Crippen LogP contribution in [-0.2, 0) is 29.4 Å². The number of likely N-dealkylation sites (tertiary alicyclic amines) is 1. The van der Waals surface area contributed by atoms with E-state index in [1.54, 1.807) is 18.1 Å². The molecule has 1 fully saturated rings. The van der Waals surface area contributed by atoms with Gasteiger partial charge < -0.3 is 19.1 Å². The van der Waals surface area contributed by atoms with Crippen LogP contribution < -0.4 is 0 Å². The Balaban J connectivity index is 2.58. The lowest BCUT2D eigenvalue weighted by molar-refractivity contribution is -0.215. The number of hydrogen-bond acceptors (Lipinski definition) is 7. The maximum Gasteiger partial charge on any atom is 0.356 e. The summed E-state index contributed by atoms with van der Waals surface area (Å²) in [6, 6.07) is 11.4. The largest absolute Gasteiger partial charge is 0.465 e. The molecule has 0 spiro atoms. The highest BCUT2D eigenvalue weighted by molar-refractivity contribution is 6.03. The van der Waals surface area contributed by atoms with E-state index >= 15 is 0 Å². The molecule has 138 valence electrons. The monoisotopic (exact) mass is 358 g/mol. The molecular formula is C19H22N2O5. The van der Waals surface area contributed by atoms with Crippen LogP contribution in [0, 0.1) is 11.3 Å². The van der Waals surface area contributed by atoms with E-state index in [2.05, 4.69) is 4.74 Å². The average molecular weight is 358 g/mol. The average Bonchev–Trinajstić information content (AvgIpc) is 2.66. The number of hydrogen-bond donors (Lipinski definition) is 0. The van der Waals surface area contributed by atoms with Gasteiger partial charge in [-0.2, -0.15) is 5.26 Å². The van der Waals surface area contributed by atoms with E-state index in [9.17, 15) is 14.9 Å². The van der Waals surface area contributed by atoms with Gasteiger partial charge in [-0.05, 0) is 19.4 Å². The maximum atomic E-state index is 12.4. The van der Waals surface area contributed by atoms with Gasteiger partial charge in [0.05, 0.1) is 26.3 Å². The predicted molar refractivity (Wildman–Crippen MR) is 92.6 cm³/mol. The standard InChI is InChI=1S/C19H22N2O5/c1-18(2)19(26-5,13-9-7-6-8-10-13)12-21(18)15(17(23)25-4)14(11-20)16(22)24-3/h6-10H,12H2,1-5H3/b15-14+. The normalized spacial score (nSPS) is 21.8. The van der Waals surface area contributed by atoms with Gasteiger partial charge in [-0.15, -0.1) is 0 Å². The van der Waals surface area contributed by atoms with Gasteiger partial charge in [-0.3, -0.25) is 0 Å². The first-order chi connectivity index (χ1) is 12.3. The van der Waals surface area contributed by atoms with Gasteiger partial charge in [0, 0.05) is 7.11 Å². The molecule has 7 heteroatoms. The number of esters is 2. The van der Waals surface area contributed by atoms with Crippen LogP contribution in [0.15, 0.2) is 41.6 Å².